The molecule has 0 bridgehead atoms. The average molecular weight is 389 g/mol. The molecule has 2 aliphatic heterocycles. The number of imide groups is 1. The Kier molecular flexibility index (Phi) is 4.81. The topological polar surface area (TPSA) is 40.6 Å². The minimum Gasteiger partial charge on any atom is -0.366 e. The summed E-state index contributed by atoms with van der Waals surface area (Å²) in [6.45, 7) is 10.1. The maximum Gasteiger partial charge on any atom is 0.282 e. The van der Waals surface area contributed by atoms with Crippen LogP contribution in [-0.2, 0) is 15.0 Å². The van der Waals surface area contributed by atoms with Crippen molar-refractivity contribution in [2.45, 2.75) is 46.0 Å². The van der Waals surface area contributed by atoms with Gasteiger partial charge in [0.2, 0.25) is 0 Å². The number of anilines is 1. The highest BCUT2D eigenvalue weighted by Gasteiger charge is 2.42. The second kappa shape index (κ2) is 7.18. The van der Waals surface area contributed by atoms with Gasteiger partial charge in [0.1, 0.15) is 5.70 Å². The number of hydrogen-bond acceptors (Lipinski definition) is 3. The van der Waals surface area contributed by atoms with Crippen LogP contribution in [-0.4, -0.2) is 29.8 Å². The Labute approximate surface area is 172 Å². The van der Waals surface area contributed by atoms with Gasteiger partial charge in [-0.1, -0.05) is 62.7 Å². The van der Waals surface area contributed by atoms with Gasteiger partial charge < -0.3 is 4.90 Å². The first-order valence-electron chi connectivity index (χ1n) is 10.3. The lowest BCUT2D eigenvalue weighted by molar-refractivity contribution is -0.120. The number of aryl methyl sites for hydroxylation is 1. The summed E-state index contributed by atoms with van der Waals surface area (Å²) in [5, 5.41) is 0. The third kappa shape index (κ3) is 3.48. The average Bonchev–Trinajstić information content (AvgIpc) is 3.28. The Bertz CT molecular complexity index is 973. The van der Waals surface area contributed by atoms with E-state index in [-0.39, 0.29) is 17.2 Å². The van der Waals surface area contributed by atoms with Crippen molar-refractivity contribution in [3.05, 3.63) is 70.9 Å². The molecule has 4 heteroatoms. The summed E-state index contributed by atoms with van der Waals surface area (Å²) in [6, 6.07) is 15.7. The summed E-state index contributed by atoms with van der Waals surface area (Å²) < 4.78 is 0. The largest absolute Gasteiger partial charge is 0.366 e. The number of carbonyl (C=O) groups excluding carboxylic acids is 2. The van der Waals surface area contributed by atoms with E-state index < -0.39 is 0 Å². The zero-order valence-corrected chi connectivity index (χ0v) is 17.7. The Morgan fingerprint density at radius 3 is 1.93 bits per heavy atom. The lowest BCUT2D eigenvalue weighted by Gasteiger charge is -2.22. The van der Waals surface area contributed by atoms with Gasteiger partial charge in [0.15, 0.2) is 0 Å². The number of nitrogens with zero attached hydrogens (tertiary/aromatic N) is 2. The first-order chi connectivity index (χ1) is 13.8. The lowest BCUT2D eigenvalue weighted by Crippen LogP contribution is -2.34. The molecule has 2 amide bonds. The second-order valence-electron chi connectivity index (χ2n) is 9.03. The predicted molar refractivity (Wildman–Crippen MR) is 117 cm³/mol. The molecule has 0 radical (unpaired) electrons. The molecule has 1 fully saturated rings. The summed E-state index contributed by atoms with van der Waals surface area (Å²) in [5.74, 6) is -0.444. The quantitative estimate of drug-likeness (QED) is 0.717. The van der Waals surface area contributed by atoms with Crippen LogP contribution in [0.3, 0.4) is 0 Å². The summed E-state index contributed by atoms with van der Waals surface area (Å²) in [5.41, 5.74) is 4.84. The fourth-order valence-corrected chi connectivity index (χ4v) is 4.08. The summed E-state index contributed by atoms with van der Waals surface area (Å²) in [4.78, 5) is 30.3. The molecule has 2 heterocycles. The highest BCUT2D eigenvalue weighted by Crippen LogP contribution is 2.36. The standard InChI is InChI=1S/C25H28N2O2/c1-17-7-9-18(10-8-17)21-22(26-15-5-6-16-26)24(29)27(23(21)28)20-13-11-19(12-14-20)25(2,3)4/h7-14H,5-6,15-16H2,1-4H3. The Balaban J connectivity index is 1.77. The van der Waals surface area contributed by atoms with Crippen molar-refractivity contribution in [3.63, 3.8) is 0 Å². The Morgan fingerprint density at radius 2 is 1.38 bits per heavy atom. The van der Waals surface area contributed by atoms with E-state index in [4.69, 9.17) is 0 Å². The summed E-state index contributed by atoms with van der Waals surface area (Å²) in [7, 11) is 0. The van der Waals surface area contributed by atoms with Crippen molar-refractivity contribution in [2.24, 2.45) is 0 Å². The van der Waals surface area contributed by atoms with E-state index in [1.165, 1.54) is 10.5 Å². The molecule has 150 valence electrons. The van der Waals surface area contributed by atoms with E-state index in [0.717, 1.165) is 37.1 Å². The van der Waals surface area contributed by atoms with Crippen molar-refractivity contribution in [1.29, 1.82) is 0 Å². The molecular weight excluding hydrogens is 360 g/mol. The van der Waals surface area contributed by atoms with Gasteiger partial charge in [-0.2, -0.15) is 0 Å². The van der Waals surface area contributed by atoms with E-state index in [9.17, 15) is 9.59 Å². The minimum absolute atomic E-state index is 0.0174. The molecule has 2 aromatic carbocycles. The smallest absolute Gasteiger partial charge is 0.282 e. The number of rotatable bonds is 3. The van der Waals surface area contributed by atoms with Crippen molar-refractivity contribution in [1.82, 2.24) is 4.90 Å². The minimum atomic E-state index is -0.232. The number of amides is 2. The molecule has 0 spiro atoms. The van der Waals surface area contributed by atoms with Crippen LogP contribution in [0.1, 0.15) is 50.3 Å². The second-order valence-corrected chi connectivity index (χ2v) is 9.03. The highest BCUT2D eigenvalue weighted by molar-refractivity contribution is 6.45. The maximum atomic E-state index is 13.5. The van der Waals surface area contributed by atoms with Crippen molar-refractivity contribution in [2.75, 3.05) is 18.0 Å². The maximum absolute atomic E-state index is 13.5. The molecule has 4 rings (SSSR count). The van der Waals surface area contributed by atoms with Crippen LogP contribution in [0.15, 0.2) is 54.2 Å². The molecule has 2 aliphatic rings. The van der Waals surface area contributed by atoms with Gasteiger partial charge in [0, 0.05) is 13.1 Å². The van der Waals surface area contributed by atoms with Gasteiger partial charge in [0.25, 0.3) is 11.8 Å². The van der Waals surface area contributed by atoms with Gasteiger partial charge in [-0.15, -0.1) is 0 Å². The fourth-order valence-electron chi connectivity index (χ4n) is 4.08. The van der Waals surface area contributed by atoms with E-state index in [1.54, 1.807) is 0 Å². The van der Waals surface area contributed by atoms with Crippen molar-refractivity contribution in [3.8, 4) is 0 Å². The number of benzene rings is 2. The lowest BCUT2D eigenvalue weighted by atomic mass is 9.87. The van der Waals surface area contributed by atoms with Gasteiger partial charge >= 0.3 is 0 Å². The molecule has 0 atom stereocenters. The Hall–Kier alpha value is -2.88. The summed E-state index contributed by atoms with van der Waals surface area (Å²) in [6.07, 6.45) is 2.10. The molecule has 0 aliphatic carbocycles. The number of carbonyl (C=O) groups is 2. The van der Waals surface area contributed by atoms with Gasteiger partial charge in [-0.3, -0.25) is 9.59 Å². The normalized spacial score (nSPS) is 17.7. The van der Waals surface area contributed by atoms with Crippen LogP contribution in [0.2, 0.25) is 0 Å². The van der Waals surface area contributed by atoms with E-state index in [2.05, 4.69) is 25.7 Å². The molecule has 0 aromatic heterocycles. The summed E-state index contributed by atoms with van der Waals surface area (Å²) >= 11 is 0. The van der Waals surface area contributed by atoms with Gasteiger partial charge in [-0.25, -0.2) is 4.90 Å². The molecule has 0 saturated carbocycles. The molecule has 4 nitrogen and oxygen atoms in total. The third-order valence-corrected chi connectivity index (χ3v) is 5.81. The van der Waals surface area contributed by atoms with Gasteiger partial charge in [-0.05, 0) is 48.4 Å². The molecule has 1 saturated heterocycles. The van der Waals surface area contributed by atoms with Crippen LogP contribution in [0, 0.1) is 6.92 Å². The molecule has 0 unspecified atom stereocenters. The zero-order valence-electron chi connectivity index (χ0n) is 17.7. The Morgan fingerprint density at radius 1 is 0.793 bits per heavy atom. The molecule has 0 N–H and O–H groups in total. The first-order valence-corrected chi connectivity index (χ1v) is 10.3. The van der Waals surface area contributed by atoms with Crippen LogP contribution in [0.25, 0.3) is 5.57 Å². The van der Waals surface area contributed by atoms with E-state index in [1.807, 2.05) is 55.5 Å². The monoisotopic (exact) mass is 388 g/mol. The molecule has 29 heavy (non-hydrogen) atoms. The highest BCUT2D eigenvalue weighted by atomic mass is 16.2. The molecule has 2 aromatic rings. The van der Waals surface area contributed by atoms with E-state index >= 15 is 0 Å². The van der Waals surface area contributed by atoms with E-state index in [0.29, 0.717) is 17.0 Å². The van der Waals surface area contributed by atoms with Crippen LogP contribution < -0.4 is 4.90 Å². The first kappa shape index (κ1) is 19.4. The zero-order chi connectivity index (χ0) is 20.8. The van der Waals surface area contributed by atoms with Crippen molar-refractivity contribution < 1.29 is 9.59 Å². The SMILES string of the molecule is Cc1ccc(C2=C(N3CCCC3)C(=O)N(c3ccc(C(C)(C)C)cc3)C2=O)cc1. The third-order valence-electron chi connectivity index (χ3n) is 5.81. The number of hydrogen-bond donors (Lipinski definition) is 0. The van der Waals surface area contributed by atoms with Crippen molar-refractivity contribution >= 4 is 23.1 Å². The fraction of sp³-hybridized carbons (Fsp3) is 0.360. The predicted octanol–water partition coefficient (Wildman–Crippen LogP) is 4.67. The van der Waals surface area contributed by atoms with Crippen LogP contribution >= 0.6 is 0 Å². The number of likely N-dealkylation sites (tertiary alicyclic amines) is 1. The molecular formula is C25H28N2O2. The van der Waals surface area contributed by atoms with Gasteiger partial charge in [0.05, 0.1) is 11.3 Å². The van der Waals surface area contributed by atoms with Crippen LogP contribution in [0.5, 0.6) is 0 Å². The van der Waals surface area contributed by atoms with Crippen LogP contribution in [0.4, 0.5) is 5.69 Å².